The summed E-state index contributed by atoms with van der Waals surface area (Å²) in [5, 5.41) is 11.9. The van der Waals surface area contributed by atoms with Gasteiger partial charge in [0.05, 0.1) is 47.0 Å². The molecule has 0 spiro atoms. The van der Waals surface area contributed by atoms with Gasteiger partial charge in [0.2, 0.25) is 0 Å². The highest BCUT2D eigenvalue weighted by atomic mass is 32.1. The maximum Gasteiger partial charge on any atom is 0.280 e. The van der Waals surface area contributed by atoms with Crippen LogP contribution in [0.2, 0.25) is 0 Å². The van der Waals surface area contributed by atoms with Crippen molar-refractivity contribution in [1.29, 1.82) is 0 Å². The van der Waals surface area contributed by atoms with Gasteiger partial charge in [0.15, 0.2) is 16.3 Å². The second kappa shape index (κ2) is 9.42. The highest BCUT2D eigenvalue weighted by Crippen LogP contribution is 2.41. The fourth-order valence-electron chi connectivity index (χ4n) is 5.26. The molecule has 0 saturated heterocycles. The van der Waals surface area contributed by atoms with Crippen LogP contribution in [0.15, 0.2) is 82.1 Å². The monoisotopic (exact) mass is 525 g/mol. The molecule has 0 radical (unpaired) electrons. The van der Waals surface area contributed by atoms with Gasteiger partial charge in [-0.05, 0) is 41.7 Å². The number of nitro benzene ring substituents is 1. The van der Waals surface area contributed by atoms with Crippen molar-refractivity contribution < 1.29 is 14.4 Å². The van der Waals surface area contributed by atoms with Gasteiger partial charge in [0.1, 0.15) is 0 Å². The predicted octanol–water partition coefficient (Wildman–Crippen LogP) is 4.24. The lowest BCUT2D eigenvalue weighted by Gasteiger charge is -2.30. The molecule has 0 fully saturated rings. The first-order chi connectivity index (χ1) is 18.5. The first kappa shape index (κ1) is 23.9. The van der Waals surface area contributed by atoms with Gasteiger partial charge in [-0.15, -0.1) is 0 Å². The van der Waals surface area contributed by atoms with E-state index in [1.165, 1.54) is 43.3 Å². The van der Waals surface area contributed by atoms with Crippen LogP contribution in [0.25, 0.3) is 11.8 Å². The van der Waals surface area contributed by atoms with Gasteiger partial charge in [-0.3, -0.25) is 19.5 Å². The Bertz CT molecular complexity index is 1800. The van der Waals surface area contributed by atoms with Crippen molar-refractivity contribution in [2.75, 3.05) is 14.2 Å². The smallest absolute Gasteiger partial charge is 0.280 e. The number of aromatic nitrogens is 1. The average molecular weight is 526 g/mol. The molecule has 9 heteroatoms. The molecule has 0 unspecified atom stereocenters. The number of hydrogen-bond donors (Lipinski definition) is 0. The van der Waals surface area contributed by atoms with Crippen molar-refractivity contribution in [3.8, 4) is 11.5 Å². The third-order valence-electron chi connectivity index (χ3n) is 7.00. The number of nitro groups is 1. The second-order valence-corrected chi connectivity index (χ2v) is 10.1. The molecule has 1 aromatic heterocycles. The maximum atomic E-state index is 13.9. The molecule has 190 valence electrons. The largest absolute Gasteiger partial charge is 0.493 e. The molecule has 2 aliphatic rings. The van der Waals surface area contributed by atoms with E-state index in [0.29, 0.717) is 15.1 Å². The van der Waals surface area contributed by atoms with Crippen molar-refractivity contribution in [2.24, 2.45) is 4.99 Å². The van der Waals surface area contributed by atoms with Crippen LogP contribution in [-0.4, -0.2) is 23.7 Å². The number of hydrogen-bond acceptors (Lipinski definition) is 7. The zero-order chi connectivity index (χ0) is 26.4. The van der Waals surface area contributed by atoms with E-state index in [4.69, 9.17) is 14.5 Å². The second-order valence-electron chi connectivity index (χ2n) is 9.05. The number of methoxy groups -OCH3 is 2. The minimum absolute atomic E-state index is 0.179. The van der Waals surface area contributed by atoms with Gasteiger partial charge >= 0.3 is 0 Å². The lowest BCUT2D eigenvalue weighted by molar-refractivity contribution is -0.385. The lowest BCUT2D eigenvalue weighted by atomic mass is 9.83. The fraction of sp³-hybridized carbons (Fsp3) is 0.172. The molecule has 3 aromatic carbocycles. The first-order valence-electron chi connectivity index (χ1n) is 12.1. The van der Waals surface area contributed by atoms with Crippen molar-refractivity contribution in [3.05, 3.63) is 124 Å². The third-order valence-corrected chi connectivity index (χ3v) is 7.99. The molecule has 1 aliphatic heterocycles. The molecular weight excluding hydrogens is 502 g/mol. The topological polar surface area (TPSA) is 96.0 Å². The molecule has 0 amide bonds. The Labute approximate surface area is 221 Å². The summed E-state index contributed by atoms with van der Waals surface area (Å²) in [6, 6.07) is 20.7. The number of nitrogens with zero attached hydrogens (tertiary/aromatic N) is 3. The highest BCUT2D eigenvalue weighted by molar-refractivity contribution is 7.07. The van der Waals surface area contributed by atoms with Crippen molar-refractivity contribution in [3.63, 3.8) is 0 Å². The molecular formula is C29H23N3O5S. The molecule has 0 bridgehead atoms. The van der Waals surface area contributed by atoms with Crippen molar-refractivity contribution in [1.82, 2.24) is 4.57 Å². The van der Waals surface area contributed by atoms with Gasteiger partial charge in [0, 0.05) is 5.56 Å². The summed E-state index contributed by atoms with van der Waals surface area (Å²) in [5.74, 6) is 0.583. The van der Waals surface area contributed by atoms with Crippen LogP contribution in [0.3, 0.4) is 0 Å². The van der Waals surface area contributed by atoms with Gasteiger partial charge < -0.3 is 9.47 Å². The van der Waals surface area contributed by atoms with Crippen LogP contribution in [0.4, 0.5) is 5.69 Å². The molecule has 8 nitrogen and oxygen atoms in total. The number of fused-ring (bicyclic) bond motifs is 3. The van der Waals surface area contributed by atoms with Crippen LogP contribution in [0.5, 0.6) is 11.5 Å². The Morgan fingerprint density at radius 2 is 1.74 bits per heavy atom. The van der Waals surface area contributed by atoms with Gasteiger partial charge in [-0.1, -0.05) is 65.9 Å². The normalized spacial score (nSPS) is 16.3. The number of benzene rings is 3. The van der Waals surface area contributed by atoms with E-state index in [1.54, 1.807) is 10.6 Å². The van der Waals surface area contributed by atoms with E-state index in [1.807, 2.05) is 42.5 Å². The van der Waals surface area contributed by atoms with Crippen molar-refractivity contribution in [2.45, 2.75) is 18.9 Å². The summed E-state index contributed by atoms with van der Waals surface area (Å²) in [4.78, 5) is 30.8. The van der Waals surface area contributed by atoms with Crippen LogP contribution in [0.1, 0.15) is 34.7 Å². The van der Waals surface area contributed by atoms with E-state index in [2.05, 4.69) is 12.1 Å². The Morgan fingerprint density at radius 3 is 2.47 bits per heavy atom. The van der Waals surface area contributed by atoms with Gasteiger partial charge in [0.25, 0.3) is 11.2 Å². The first-order valence-corrected chi connectivity index (χ1v) is 12.9. The molecule has 38 heavy (non-hydrogen) atoms. The standard InChI is InChI=1S/C29H23N3O5S/c1-36-23-14-19(22(32(34)35)16-24(23)37-2)15-25-28(33)31-27(18-9-4-3-5-10-18)21-13-12-17-8-6-7-11-20(17)26(21)30-29(31)38-25/h3-11,14-16,27H,12-13H2,1-2H3/b25-15-/t27-/m0/s1. The molecule has 2 heterocycles. The zero-order valence-electron chi connectivity index (χ0n) is 20.7. The lowest BCUT2D eigenvalue weighted by Crippen LogP contribution is -2.38. The summed E-state index contributed by atoms with van der Waals surface area (Å²) in [6.45, 7) is 0. The summed E-state index contributed by atoms with van der Waals surface area (Å²) in [7, 11) is 2.88. The highest BCUT2D eigenvalue weighted by Gasteiger charge is 2.32. The Kier molecular flexibility index (Phi) is 5.92. The predicted molar refractivity (Wildman–Crippen MR) is 145 cm³/mol. The molecule has 0 N–H and O–H groups in total. The van der Waals surface area contributed by atoms with Crippen LogP contribution in [0, 0.1) is 10.1 Å². The summed E-state index contributed by atoms with van der Waals surface area (Å²) >= 11 is 1.23. The van der Waals surface area contributed by atoms with Gasteiger partial charge in [-0.2, -0.15) is 0 Å². The Hall–Kier alpha value is -4.50. The SMILES string of the molecule is COc1cc(/C=c2\sc3n(c2=O)[C@@H](c2ccccc2)C2=C(N=3)c3ccccc3CC2)c([N+](=O)[O-])cc1OC. The molecule has 1 atom stereocenters. The fourth-order valence-corrected chi connectivity index (χ4v) is 6.25. The summed E-state index contributed by atoms with van der Waals surface area (Å²) in [6.07, 6.45) is 3.21. The zero-order valence-corrected chi connectivity index (χ0v) is 21.5. The van der Waals surface area contributed by atoms with E-state index in [0.717, 1.165) is 35.2 Å². The summed E-state index contributed by atoms with van der Waals surface area (Å²) in [5.41, 5.74) is 5.17. The summed E-state index contributed by atoms with van der Waals surface area (Å²) < 4.78 is 12.7. The van der Waals surface area contributed by atoms with Crippen molar-refractivity contribution >= 4 is 28.8 Å². The maximum absolute atomic E-state index is 13.9. The minimum Gasteiger partial charge on any atom is -0.493 e. The third kappa shape index (κ3) is 3.83. The quantitative estimate of drug-likeness (QED) is 0.287. The Balaban J connectivity index is 1.62. The minimum atomic E-state index is -0.493. The molecule has 0 saturated carbocycles. The molecule has 1 aliphatic carbocycles. The van der Waals surface area contributed by atoms with Crippen LogP contribution in [-0.2, 0) is 6.42 Å². The van der Waals surface area contributed by atoms with E-state index in [-0.39, 0.29) is 28.6 Å². The average Bonchev–Trinajstić information content (AvgIpc) is 3.25. The van der Waals surface area contributed by atoms with E-state index in [9.17, 15) is 14.9 Å². The number of rotatable bonds is 5. The molecule has 6 rings (SSSR count). The number of thiazole rings is 1. The number of ether oxygens (including phenoxy) is 2. The number of aryl methyl sites for hydroxylation is 1. The van der Waals surface area contributed by atoms with E-state index < -0.39 is 4.92 Å². The van der Waals surface area contributed by atoms with Crippen LogP contribution < -0.4 is 24.4 Å². The van der Waals surface area contributed by atoms with E-state index >= 15 is 0 Å². The number of allylic oxidation sites excluding steroid dienone is 1. The van der Waals surface area contributed by atoms with Crippen LogP contribution >= 0.6 is 11.3 Å². The molecule has 4 aromatic rings. The van der Waals surface area contributed by atoms with Gasteiger partial charge in [-0.25, -0.2) is 4.99 Å². The Morgan fingerprint density at radius 1 is 1.03 bits per heavy atom.